The van der Waals surface area contributed by atoms with E-state index >= 15 is 0 Å². The molecule has 2 aromatic carbocycles. The second-order valence-electron chi connectivity index (χ2n) is 10.2. The van der Waals surface area contributed by atoms with E-state index in [1.807, 2.05) is 30.3 Å². The number of methoxy groups -OCH3 is 1. The summed E-state index contributed by atoms with van der Waals surface area (Å²) in [6.07, 6.45) is 1.28. The fraction of sp³-hybridized carbons (Fsp3) is 0.379. The van der Waals surface area contributed by atoms with Gasteiger partial charge in [-0.05, 0) is 55.1 Å². The summed E-state index contributed by atoms with van der Waals surface area (Å²) in [7, 11) is 1.38. The maximum atomic E-state index is 14.1. The maximum Gasteiger partial charge on any atom is 0.338 e. The van der Waals surface area contributed by atoms with E-state index in [0.717, 1.165) is 35.6 Å². The van der Waals surface area contributed by atoms with Crippen LogP contribution in [0.1, 0.15) is 35.9 Å². The molecule has 216 valence electrons. The fourth-order valence-electron chi connectivity index (χ4n) is 5.74. The number of hydrogen-bond donors (Lipinski definition) is 2. The normalized spacial score (nSPS) is 22.6. The number of carbonyl (C=O) groups excluding carboxylic acids is 4. The molecule has 0 aliphatic carbocycles. The molecule has 0 saturated carbocycles. The number of ether oxygens (including phenoxy) is 2. The van der Waals surface area contributed by atoms with Crippen LogP contribution in [0.4, 0.5) is 18.4 Å². The highest BCUT2D eigenvalue weighted by Gasteiger charge is 2.46. The predicted octanol–water partition coefficient (Wildman–Crippen LogP) is 3.22. The highest BCUT2D eigenvalue weighted by molar-refractivity contribution is 6.03. The molecule has 41 heavy (non-hydrogen) atoms. The smallest absolute Gasteiger partial charge is 0.338 e. The van der Waals surface area contributed by atoms with Gasteiger partial charge in [-0.25, -0.2) is 28.1 Å². The molecular formula is C29H30F2N4O6. The van der Waals surface area contributed by atoms with Gasteiger partial charge in [0.2, 0.25) is 0 Å². The van der Waals surface area contributed by atoms with Gasteiger partial charge < -0.3 is 25.0 Å². The summed E-state index contributed by atoms with van der Waals surface area (Å²) >= 11 is 0. The van der Waals surface area contributed by atoms with Crippen molar-refractivity contribution in [3.8, 4) is 0 Å². The Bertz CT molecular complexity index is 1380. The summed E-state index contributed by atoms with van der Waals surface area (Å²) < 4.78 is 37.8. The van der Waals surface area contributed by atoms with Crippen molar-refractivity contribution in [2.45, 2.75) is 24.8 Å². The number of nitrogens with zero attached hydrogens (tertiary/aromatic N) is 2. The first-order valence-corrected chi connectivity index (χ1v) is 13.4. The monoisotopic (exact) mass is 568 g/mol. The summed E-state index contributed by atoms with van der Waals surface area (Å²) in [5.74, 6) is -3.58. The molecule has 2 N–H and O–H groups in total. The molecule has 10 nitrogen and oxygen atoms in total. The molecule has 12 heteroatoms. The number of urea groups is 2. The Kier molecular flexibility index (Phi) is 8.29. The fourth-order valence-corrected chi connectivity index (χ4v) is 5.74. The number of hydrogen-bond acceptors (Lipinski definition) is 7. The number of carbonyl (C=O) groups is 4. The number of nitrogens with one attached hydrogen (secondary N) is 2. The molecule has 5 rings (SSSR count). The lowest BCUT2D eigenvalue weighted by molar-refractivity contribution is -0.148. The number of esters is 2. The molecule has 3 aliphatic heterocycles. The van der Waals surface area contributed by atoms with Gasteiger partial charge in [-0.3, -0.25) is 4.79 Å². The molecule has 0 bridgehead atoms. The van der Waals surface area contributed by atoms with Crippen molar-refractivity contribution < 1.29 is 37.4 Å². The SMILES string of the molecule is COC(=O)C1CN(CCCNC(=O)N2C(=O)NC3=C(C(=O)OC3)C2c2ccc(F)c(F)c2)CCC1c1ccccc1. The van der Waals surface area contributed by atoms with Crippen molar-refractivity contribution >= 4 is 24.0 Å². The molecule has 0 radical (unpaired) electrons. The second-order valence-corrected chi connectivity index (χ2v) is 10.2. The molecule has 1 fully saturated rings. The van der Waals surface area contributed by atoms with Gasteiger partial charge >= 0.3 is 24.0 Å². The number of cyclic esters (lactones) is 1. The van der Waals surface area contributed by atoms with Crippen molar-refractivity contribution in [1.82, 2.24) is 20.4 Å². The van der Waals surface area contributed by atoms with Gasteiger partial charge in [-0.2, -0.15) is 0 Å². The average Bonchev–Trinajstić information content (AvgIpc) is 3.35. The third-order valence-corrected chi connectivity index (χ3v) is 7.74. The summed E-state index contributed by atoms with van der Waals surface area (Å²) in [5.41, 5.74) is 1.31. The number of piperidine rings is 1. The molecule has 3 heterocycles. The Morgan fingerprint density at radius 2 is 1.88 bits per heavy atom. The minimum absolute atomic E-state index is 0.0131. The largest absolute Gasteiger partial charge is 0.469 e. The van der Waals surface area contributed by atoms with E-state index in [-0.39, 0.29) is 47.8 Å². The van der Waals surface area contributed by atoms with Crippen molar-refractivity contribution in [3.63, 3.8) is 0 Å². The maximum absolute atomic E-state index is 14.1. The van der Waals surface area contributed by atoms with E-state index in [4.69, 9.17) is 9.47 Å². The highest BCUT2D eigenvalue weighted by atomic mass is 19.2. The zero-order chi connectivity index (χ0) is 29.1. The first kappa shape index (κ1) is 28.2. The van der Waals surface area contributed by atoms with Crippen LogP contribution in [-0.2, 0) is 19.1 Å². The van der Waals surface area contributed by atoms with Crippen LogP contribution in [0, 0.1) is 17.6 Å². The van der Waals surface area contributed by atoms with Crippen LogP contribution in [0.5, 0.6) is 0 Å². The average molecular weight is 569 g/mol. The molecule has 0 aromatic heterocycles. The second kappa shape index (κ2) is 12.0. The standard InChI is InChI=1S/C29H30F2N4O6/c1-40-26(36)20-15-34(13-10-19(20)17-6-3-2-4-7-17)12-5-11-32-28(38)35-25(18-8-9-21(30)22(31)14-18)24-23(33-29(35)39)16-41-27(24)37/h2-4,6-9,14,19-20,25H,5,10-13,15-16H2,1H3,(H,32,38)(H,33,39). The summed E-state index contributed by atoms with van der Waals surface area (Å²) in [6, 6.07) is 9.89. The van der Waals surface area contributed by atoms with Crippen LogP contribution in [0.25, 0.3) is 0 Å². The Labute approximate surface area is 235 Å². The van der Waals surface area contributed by atoms with Crippen LogP contribution in [0.2, 0.25) is 0 Å². The van der Waals surface area contributed by atoms with Crippen LogP contribution < -0.4 is 10.6 Å². The van der Waals surface area contributed by atoms with Gasteiger partial charge in [0.15, 0.2) is 11.6 Å². The first-order valence-electron chi connectivity index (χ1n) is 13.4. The van der Waals surface area contributed by atoms with E-state index < -0.39 is 35.7 Å². The third-order valence-electron chi connectivity index (χ3n) is 7.74. The van der Waals surface area contributed by atoms with Gasteiger partial charge in [0.1, 0.15) is 12.6 Å². The minimum atomic E-state index is -1.29. The molecular weight excluding hydrogens is 538 g/mol. The lowest BCUT2D eigenvalue weighted by Gasteiger charge is -2.37. The number of likely N-dealkylation sites (tertiary alicyclic amines) is 1. The van der Waals surface area contributed by atoms with Crippen molar-refractivity contribution in [1.29, 1.82) is 0 Å². The van der Waals surface area contributed by atoms with E-state index in [0.29, 0.717) is 19.5 Å². The van der Waals surface area contributed by atoms with Gasteiger partial charge in [-0.15, -0.1) is 0 Å². The first-order chi connectivity index (χ1) is 19.8. The molecule has 3 atom stereocenters. The van der Waals surface area contributed by atoms with E-state index in [1.165, 1.54) is 13.2 Å². The van der Waals surface area contributed by atoms with Crippen LogP contribution in [0.15, 0.2) is 59.8 Å². The lowest BCUT2D eigenvalue weighted by Crippen LogP contribution is -2.54. The molecule has 0 spiro atoms. The quantitative estimate of drug-likeness (QED) is 0.389. The van der Waals surface area contributed by atoms with Gasteiger partial charge in [0.05, 0.1) is 24.3 Å². The van der Waals surface area contributed by atoms with E-state index in [9.17, 15) is 28.0 Å². The Morgan fingerprint density at radius 1 is 1.10 bits per heavy atom. The topological polar surface area (TPSA) is 117 Å². The number of amides is 4. The van der Waals surface area contributed by atoms with Crippen molar-refractivity contribution in [2.24, 2.45) is 5.92 Å². The van der Waals surface area contributed by atoms with E-state index in [1.54, 1.807) is 0 Å². The van der Waals surface area contributed by atoms with Crippen molar-refractivity contribution in [3.05, 3.63) is 82.6 Å². The minimum Gasteiger partial charge on any atom is -0.469 e. The number of benzene rings is 2. The van der Waals surface area contributed by atoms with Gasteiger partial charge in [-0.1, -0.05) is 36.4 Å². The zero-order valence-electron chi connectivity index (χ0n) is 22.4. The molecule has 4 amide bonds. The Hall–Kier alpha value is -4.32. The molecule has 3 unspecified atom stereocenters. The number of imide groups is 1. The van der Waals surface area contributed by atoms with E-state index in [2.05, 4.69) is 15.5 Å². The molecule has 1 saturated heterocycles. The summed E-state index contributed by atoms with van der Waals surface area (Å²) in [6.45, 7) is 1.84. The van der Waals surface area contributed by atoms with Crippen molar-refractivity contribution in [2.75, 3.05) is 39.9 Å². The van der Waals surface area contributed by atoms with Gasteiger partial charge in [0, 0.05) is 13.1 Å². The molecule has 3 aliphatic rings. The Morgan fingerprint density at radius 3 is 2.61 bits per heavy atom. The Balaban J connectivity index is 1.22. The number of rotatable bonds is 7. The lowest BCUT2D eigenvalue weighted by atomic mass is 9.80. The summed E-state index contributed by atoms with van der Waals surface area (Å²) in [4.78, 5) is 54.1. The predicted molar refractivity (Wildman–Crippen MR) is 141 cm³/mol. The number of halogens is 2. The van der Waals surface area contributed by atoms with Crippen LogP contribution in [-0.4, -0.2) is 73.7 Å². The molecule has 2 aromatic rings. The highest BCUT2D eigenvalue weighted by Crippen LogP contribution is 2.38. The van der Waals surface area contributed by atoms with Crippen LogP contribution >= 0.6 is 0 Å². The zero-order valence-corrected chi connectivity index (χ0v) is 22.4. The third kappa shape index (κ3) is 5.78. The van der Waals surface area contributed by atoms with Crippen LogP contribution in [0.3, 0.4) is 0 Å². The summed E-state index contributed by atoms with van der Waals surface area (Å²) in [5, 5.41) is 5.17. The van der Waals surface area contributed by atoms with Gasteiger partial charge in [0.25, 0.3) is 0 Å².